The maximum Gasteiger partial charge on any atom is 0.225 e. The van der Waals surface area contributed by atoms with E-state index in [1.54, 1.807) is 12.4 Å². The number of carbonyl (C=O) groups excluding carboxylic acids is 1. The summed E-state index contributed by atoms with van der Waals surface area (Å²) in [6.45, 7) is 7.68. The molecule has 2 saturated heterocycles. The van der Waals surface area contributed by atoms with E-state index in [4.69, 9.17) is 0 Å². The molecule has 1 aromatic heterocycles. The molecule has 0 aliphatic carbocycles. The zero-order valence-electron chi connectivity index (χ0n) is 11.5. The smallest absolute Gasteiger partial charge is 0.225 e. The minimum absolute atomic E-state index is 0.101. The molecule has 1 aromatic rings. The Morgan fingerprint density at radius 2 is 1.95 bits per heavy atom. The van der Waals surface area contributed by atoms with Crippen molar-refractivity contribution in [1.82, 2.24) is 14.9 Å². The fourth-order valence-electron chi connectivity index (χ4n) is 3.11. The minimum atomic E-state index is 0.101. The molecule has 0 radical (unpaired) electrons. The molecular weight excluding hydrogens is 240 g/mol. The fourth-order valence-corrected chi connectivity index (χ4v) is 3.11. The number of nitrogens with zero attached hydrogens (tertiary/aromatic N) is 4. The lowest BCUT2D eigenvalue weighted by Gasteiger charge is -2.47. The molecule has 102 valence electrons. The lowest BCUT2D eigenvalue weighted by molar-refractivity contribution is -0.133. The van der Waals surface area contributed by atoms with E-state index in [-0.39, 0.29) is 17.2 Å². The summed E-state index contributed by atoms with van der Waals surface area (Å²) in [7, 11) is 0. The molecule has 19 heavy (non-hydrogen) atoms. The highest BCUT2D eigenvalue weighted by molar-refractivity contribution is 5.78. The van der Waals surface area contributed by atoms with Gasteiger partial charge < -0.3 is 9.80 Å². The second-order valence-electron chi connectivity index (χ2n) is 6.07. The SMILES string of the molecule is CC(C)C(=O)N1CCC2(C1)CN(c1ncccn1)C2. The predicted molar refractivity (Wildman–Crippen MR) is 72.7 cm³/mol. The Morgan fingerprint density at radius 1 is 1.26 bits per heavy atom. The number of rotatable bonds is 2. The molecule has 3 rings (SSSR count). The van der Waals surface area contributed by atoms with Gasteiger partial charge in [0.15, 0.2) is 0 Å². The van der Waals surface area contributed by atoms with Crippen LogP contribution >= 0.6 is 0 Å². The molecule has 5 heteroatoms. The van der Waals surface area contributed by atoms with Crippen molar-refractivity contribution in [3.8, 4) is 0 Å². The molecule has 5 nitrogen and oxygen atoms in total. The lowest BCUT2D eigenvalue weighted by atomic mass is 9.79. The van der Waals surface area contributed by atoms with Gasteiger partial charge in [-0.2, -0.15) is 0 Å². The lowest BCUT2D eigenvalue weighted by Crippen LogP contribution is -2.58. The molecule has 0 unspecified atom stereocenters. The Kier molecular flexibility index (Phi) is 2.92. The van der Waals surface area contributed by atoms with Crippen molar-refractivity contribution < 1.29 is 4.79 Å². The molecule has 1 amide bonds. The standard InChI is InChI=1S/C14H20N4O/c1-11(2)12(19)17-7-4-14(8-17)9-18(10-14)13-15-5-3-6-16-13/h3,5-6,11H,4,7-10H2,1-2H3. The first-order chi connectivity index (χ1) is 9.10. The Hall–Kier alpha value is -1.65. The largest absolute Gasteiger partial charge is 0.342 e. The van der Waals surface area contributed by atoms with Crippen LogP contribution in [0.25, 0.3) is 0 Å². The van der Waals surface area contributed by atoms with Crippen LogP contribution in [0.4, 0.5) is 5.95 Å². The van der Waals surface area contributed by atoms with E-state index in [1.807, 2.05) is 24.8 Å². The number of hydrogen-bond acceptors (Lipinski definition) is 4. The monoisotopic (exact) mass is 260 g/mol. The molecule has 0 bridgehead atoms. The summed E-state index contributed by atoms with van der Waals surface area (Å²) >= 11 is 0. The highest BCUT2D eigenvalue weighted by Crippen LogP contribution is 2.40. The van der Waals surface area contributed by atoms with Gasteiger partial charge in [0.1, 0.15) is 0 Å². The normalized spacial score (nSPS) is 21.0. The quantitative estimate of drug-likeness (QED) is 0.801. The molecule has 0 aromatic carbocycles. The summed E-state index contributed by atoms with van der Waals surface area (Å²) in [4.78, 5) is 24.8. The summed E-state index contributed by atoms with van der Waals surface area (Å²) in [6.07, 6.45) is 4.65. The van der Waals surface area contributed by atoms with Gasteiger partial charge >= 0.3 is 0 Å². The van der Waals surface area contributed by atoms with E-state index in [9.17, 15) is 4.79 Å². The first-order valence-electron chi connectivity index (χ1n) is 6.90. The molecule has 2 aliphatic heterocycles. The maximum atomic E-state index is 12.0. The first kappa shape index (κ1) is 12.4. The highest BCUT2D eigenvalue weighted by atomic mass is 16.2. The van der Waals surface area contributed by atoms with Crippen molar-refractivity contribution in [2.75, 3.05) is 31.1 Å². The fraction of sp³-hybridized carbons (Fsp3) is 0.643. The Balaban J connectivity index is 1.60. The summed E-state index contributed by atoms with van der Waals surface area (Å²) in [5.74, 6) is 1.19. The summed E-state index contributed by atoms with van der Waals surface area (Å²) in [6, 6.07) is 1.83. The number of aromatic nitrogens is 2. The van der Waals surface area contributed by atoms with Gasteiger partial charge in [0.25, 0.3) is 0 Å². The second kappa shape index (κ2) is 4.47. The molecule has 0 N–H and O–H groups in total. The number of anilines is 1. The van der Waals surface area contributed by atoms with Crippen LogP contribution in [0.3, 0.4) is 0 Å². The number of carbonyl (C=O) groups is 1. The van der Waals surface area contributed by atoms with Crippen LogP contribution in [0.5, 0.6) is 0 Å². The van der Waals surface area contributed by atoms with Crippen LogP contribution in [0.15, 0.2) is 18.5 Å². The maximum absolute atomic E-state index is 12.0. The van der Waals surface area contributed by atoms with Gasteiger partial charge in [0.2, 0.25) is 11.9 Å². The Labute approximate surface area is 113 Å². The third-order valence-electron chi connectivity index (χ3n) is 4.13. The van der Waals surface area contributed by atoms with E-state index >= 15 is 0 Å². The van der Waals surface area contributed by atoms with Gasteiger partial charge in [0.05, 0.1) is 0 Å². The highest BCUT2D eigenvalue weighted by Gasteiger charge is 2.49. The molecule has 3 heterocycles. The topological polar surface area (TPSA) is 49.3 Å². The molecule has 2 fully saturated rings. The van der Waals surface area contributed by atoms with Crippen LogP contribution in [0, 0.1) is 11.3 Å². The average Bonchev–Trinajstić information content (AvgIpc) is 2.82. The Morgan fingerprint density at radius 3 is 2.58 bits per heavy atom. The van der Waals surface area contributed by atoms with Crippen molar-refractivity contribution >= 4 is 11.9 Å². The third kappa shape index (κ3) is 2.17. The van der Waals surface area contributed by atoms with Crippen molar-refractivity contribution in [1.29, 1.82) is 0 Å². The molecule has 2 aliphatic rings. The summed E-state index contributed by atoms with van der Waals surface area (Å²) < 4.78 is 0. The van der Waals surface area contributed by atoms with Gasteiger partial charge in [-0.1, -0.05) is 13.8 Å². The van der Waals surface area contributed by atoms with Crippen LogP contribution in [-0.4, -0.2) is 47.0 Å². The van der Waals surface area contributed by atoms with Crippen LogP contribution in [0.1, 0.15) is 20.3 Å². The van der Waals surface area contributed by atoms with E-state index < -0.39 is 0 Å². The number of amides is 1. The zero-order valence-corrected chi connectivity index (χ0v) is 11.5. The first-order valence-corrected chi connectivity index (χ1v) is 6.90. The van der Waals surface area contributed by atoms with E-state index in [0.717, 1.165) is 38.5 Å². The molecule has 1 spiro atoms. The van der Waals surface area contributed by atoms with E-state index in [2.05, 4.69) is 14.9 Å². The van der Waals surface area contributed by atoms with Crippen LogP contribution < -0.4 is 4.90 Å². The zero-order chi connectivity index (χ0) is 13.5. The second-order valence-corrected chi connectivity index (χ2v) is 6.07. The van der Waals surface area contributed by atoms with Crippen molar-refractivity contribution in [3.05, 3.63) is 18.5 Å². The van der Waals surface area contributed by atoms with Gasteiger partial charge in [-0.25, -0.2) is 9.97 Å². The van der Waals surface area contributed by atoms with Crippen LogP contribution in [0.2, 0.25) is 0 Å². The summed E-state index contributed by atoms with van der Waals surface area (Å²) in [5, 5.41) is 0. The summed E-state index contributed by atoms with van der Waals surface area (Å²) in [5.41, 5.74) is 0.281. The average molecular weight is 260 g/mol. The third-order valence-corrected chi connectivity index (χ3v) is 4.13. The van der Waals surface area contributed by atoms with Crippen molar-refractivity contribution in [2.45, 2.75) is 20.3 Å². The number of hydrogen-bond donors (Lipinski definition) is 0. The van der Waals surface area contributed by atoms with Gasteiger partial charge in [0, 0.05) is 49.9 Å². The Bertz CT molecular complexity index is 468. The minimum Gasteiger partial charge on any atom is -0.342 e. The predicted octanol–water partition coefficient (Wildman–Crippen LogP) is 1.17. The van der Waals surface area contributed by atoms with E-state index in [1.165, 1.54) is 0 Å². The van der Waals surface area contributed by atoms with Gasteiger partial charge in [-0.15, -0.1) is 0 Å². The van der Waals surface area contributed by atoms with Gasteiger partial charge in [-0.05, 0) is 12.5 Å². The van der Waals surface area contributed by atoms with Crippen molar-refractivity contribution in [3.63, 3.8) is 0 Å². The van der Waals surface area contributed by atoms with Crippen molar-refractivity contribution in [2.24, 2.45) is 11.3 Å². The molecule has 0 saturated carbocycles. The van der Waals surface area contributed by atoms with Gasteiger partial charge in [-0.3, -0.25) is 4.79 Å². The molecule has 0 atom stereocenters. The number of likely N-dealkylation sites (tertiary alicyclic amines) is 1. The van der Waals surface area contributed by atoms with E-state index in [0.29, 0.717) is 0 Å². The molecular formula is C14H20N4O. The van der Waals surface area contributed by atoms with Crippen LogP contribution in [-0.2, 0) is 4.79 Å².